The van der Waals surface area contributed by atoms with E-state index >= 15 is 0 Å². The highest BCUT2D eigenvalue weighted by Crippen LogP contribution is 2.12. The Morgan fingerprint density at radius 2 is 2.17 bits per heavy atom. The number of benzene rings is 1. The Morgan fingerprint density at radius 1 is 1.39 bits per heavy atom. The highest BCUT2D eigenvalue weighted by atomic mass is 79.9. The van der Waals surface area contributed by atoms with Crippen LogP contribution in [0, 0.1) is 0 Å². The van der Waals surface area contributed by atoms with Gasteiger partial charge in [-0.15, -0.1) is 0 Å². The third-order valence-electron chi connectivity index (χ3n) is 2.41. The number of sulfonamides is 1. The van der Waals surface area contributed by atoms with E-state index in [1.54, 1.807) is 7.05 Å². The predicted molar refractivity (Wildman–Crippen MR) is 71.4 cm³/mol. The summed E-state index contributed by atoms with van der Waals surface area (Å²) in [6.07, 6.45) is 1.45. The maximum atomic E-state index is 12.0. The van der Waals surface area contributed by atoms with Gasteiger partial charge in [0.2, 0.25) is 0 Å². The van der Waals surface area contributed by atoms with Crippen molar-refractivity contribution in [1.82, 2.24) is 14.5 Å². The van der Waals surface area contributed by atoms with Crippen LogP contribution < -0.4 is 4.72 Å². The number of rotatable bonds is 4. The van der Waals surface area contributed by atoms with Crippen molar-refractivity contribution in [2.75, 3.05) is 0 Å². The molecule has 0 aliphatic heterocycles. The molecule has 1 aromatic heterocycles. The SMILES string of the molecule is Cn1nccc1S(=O)(=O)NCc1cccc(Br)c1. The summed E-state index contributed by atoms with van der Waals surface area (Å²) >= 11 is 3.34. The lowest BCUT2D eigenvalue weighted by atomic mass is 10.2. The molecule has 0 spiro atoms. The summed E-state index contributed by atoms with van der Waals surface area (Å²) in [5.41, 5.74) is 0.884. The first-order valence-electron chi connectivity index (χ1n) is 5.21. The summed E-state index contributed by atoms with van der Waals surface area (Å²) in [5.74, 6) is 0. The average Bonchev–Trinajstić information content (AvgIpc) is 2.74. The Bertz CT molecular complexity index is 652. The van der Waals surface area contributed by atoms with Crippen molar-refractivity contribution in [1.29, 1.82) is 0 Å². The van der Waals surface area contributed by atoms with Gasteiger partial charge in [-0.1, -0.05) is 28.1 Å². The van der Waals surface area contributed by atoms with E-state index in [0.717, 1.165) is 10.0 Å². The van der Waals surface area contributed by atoms with Crippen molar-refractivity contribution in [3.05, 3.63) is 46.6 Å². The molecule has 0 radical (unpaired) electrons. The molecule has 0 unspecified atom stereocenters. The molecule has 0 aliphatic rings. The fourth-order valence-electron chi connectivity index (χ4n) is 1.52. The zero-order valence-corrected chi connectivity index (χ0v) is 12.1. The number of nitrogens with one attached hydrogen (secondary N) is 1. The molecule has 0 aliphatic carbocycles. The number of halogens is 1. The van der Waals surface area contributed by atoms with E-state index in [0.29, 0.717) is 0 Å². The van der Waals surface area contributed by atoms with E-state index in [1.165, 1.54) is 16.9 Å². The first kappa shape index (κ1) is 13.3. The first-order valence-corrected chi connectivity index (χ1v) is 7.49. The molecule has 18 heavy (non-hydrogen) atoms. The molecule has 0 bridgehead atoms. The third kappa shape index (κ3) is 2.98. The molecule has 7 heteroatoms. The lowest BCUT2D eigenvalue weighted by molar-refractivity contribution is 0.563. The van der Waals surface area contributed by atoms with Crippen molar-refractivity contribution in [2.24, 2.45) is 7.05 Å². The minimum absolute atomic E-state index is 0.150. The van der Waals surface area contributed by atoms with Gasteiger partial charge in [0, 0.05) is 18.1 Å². The van der Waals surface area contributed by atoms with E-state index in [2.05, 4.69) is 25.8 Å². The van der Waals surface area contributed by atoms with Crippen LogP contribution in [0.2, 0.25) is 0 Å². The first-order chi connectivity index (χ1) is 8.49. The molecule has 2 aromatic rings. The average molecular weight is 330 g/mol. The van der Waals surface area contributed by atoms with Gasteiger partial charge in [0.25, 0.3) is 10.0 Å². The third-order valence-corrected chi connectivity index (χ3v) is 4.38. The number of aromatic nitrogens is 2. The van der Waals surface area contributed by atoms with E-state index in [1.807, 2.05) is 24.3 Å². The summed E-state index contributed by atoms with van der Waals surface area (Å²) in [4.78, 5) is 0. The molecule has 0 fully saturated rings. The maximum absolute atomic E-state index is 12.0. The zero-order chi connectivity index (χ0) is 13.2. The normalized spacial score (nSPS) is 11.7. The smallest absolute Gasteiger partial charge is 0.256 e. The summed E-state index contributed by atoms with van der Waals surface area (Å²) in [6.45, 7) is 0.243. The Hall–Kier alpha value is -1.18. The van der Waals surface area contributed by atoms with Gasteiger partial charge in [0.1, 0.15) is 0 Å². The van der Waals surface area contributed by atoms with Crippen LogP contribution in [-0.4, -0.2) is 18.2 Å². The van der Waals surface area contributed by atoms with Crippen LogP contribution in [0.3, 0.4) is 0 Å². The Balaban J connectivity index is 2.13. The number of aryl methyl sites for hydroxylation is 1. The minimum Gasteiger partial charge on any atom is -0.256 e. The molecule has 0 atom stereocenters. The second kappa shape index (κ2) is 5.21. The van der Waals surface area contributed by atoms with Crippen LogP contribution >= 0.6 is 15.9 Å². The molecule has 0 amide bonds. The fraction of sp³-hybridized carbons (Fsp3) is 0.182. The number of hydrogen-bond acceptors (Lipinski definition) is 3. The molecule has 1 heterocycles. The van der Waals surface area contributed by atoms with Gasteiger partial charge in [0.05, 0.1) is 6.20 Å². The quantitative estimate of drug-likeness (QED) is 0.927. The monoisotopic (exact) mass is 329 g/mol. The van der Waals surface area contributed by atoms with E-state index in [-0.39, 0.29) is 11.6 Å². The summed E-state index contributed by atoms with van der Waals surface area (Å²) in [6, 6.07) is 8.93. The van der Waals surface area contributed by atoms with Crippen molar-refractivity contribution in [3.8, 4) is 0 Å². The van der Waals surface area contributed by atoms with Crippen LogP contribution in [0.4, 0.5) is 0 Å². The Labute approximate surface area is 114 Å². The topological polar surface area (TPSA) is 64.0 Å². The highest BCUT2D eigenvalue weighted by molar-refractivity contribution is 9.10. The highest BCUT2D eigenvalue weighted by Gasteiger charge is 2.17. The molecule has 1 aromatic carbocycles. The van der Waals surface area contributed by atoms with Crippen molar-refractivity contribution < 1.29 is 8.42 Å². The van der Waals surface area contributed by atoms with Gasteiger partial charge >= 0.3 is 0 Å². The van der Waals surface area contributed by atoms with Gasteiger partial charge in [-0.05, 0) is 23.8 Å². The maximum Gasteiger partial charge on any atom is 0.258 e. The Kier molecular flexibility index (Phi) is 3.84. The van der Waals surface area contributed by atoms with Gasteiger partial charge in [0.15, 0.2) is 5.03 Å². The Morgan fingerprint density at radius 3 is 2.78 bits per heavy atom. The zero-order valence-electron chi connectivity index (χ0n) is 9.67. The standard InChI is InChI=1S/C11H12BrN3O2S/c1-15-11(5-6-13-15)18(16,17)14-8-9-3-2-4-10(12)7-9/h2-7,14H,8H2,1H3. The molecular formula is C11H12BrN3O2S. The molecule has 0 saturated heterocycles. The van der Waals surface area contributed by atoms with Crippen molar-refractivity contribution >= 4 is 26.0 Å². The van der Waals surface area contributed by atoms with Crippen LogP contribution in [-0.2, 0) is 23.6 Å². The van der Waals surface area contributed by atoms with Crippen LogP contribution in [0.25, 0.3) is 0 Å². The van der Waals surface area contributed by atoms with Gasteiger partial charge in [-0.25, -0.2) is 13.1 Å². The minimum atomic E-state index is -3.52. The molecule has 2 rings (SSSR count). The summed E-state index contributed by atoms with van der Waals surface area (Å²) in [5, 5.41) is 3.99. The van der Waals surface area contributed by atoms with Gasteiger partial charge < -0.3 is 0 Å². The molecular weight excluding hydrogens is 318 g/mol. The van der Waals surface area contributed by atoms with Crippen LogP contribution in [0.1, 0.15) is 5.56 Å². The summed E-state index contributed by atoms with van der Waals surface area (Å²) in [7, 11) is -1.93. The van der Waals surface area contributed by atoms with E-state index in [4.69, 9.17) is 0 Å². The molecule has 1 N–H and O–H groups in total. The second-order valence-corrected chi connectivity index (χ2v) is 6.38. The van der Waals surface area contributed by atoms with Gasteiger partial charge in [-0.2, -0.15) is 5.10 Å². The fourth-order valence-corrected chi connectivity index (χ4v) is 3.11. The molecule has 5 nitrogen and oxygen atoms in total. The number of nitrogens with zero attached hydrogens (tertiary/aromatic N) is 2. The predicted octanol–water partition coefficient (Wildman–Crippen LogP) is 1.66. The van der Waals surface area contributed by atoms with Crippen molar-refractivity contribution in [2.45, 2.75) is 11.6 Å². The molecule has 0 saturated carbocycles. The second-order valence-electron chi connectivity index (χ2n) is 3.75. The summed E-state index contributed by atoms with van der Waals surface area (Å²) < 4.78 is 28.8. The number of hydrogen-bond donors (Lipinski definition) is 1. The lowest BCUT2D eigenvalue weighted by Gasteiger charge is -2.07. The van der Waals surface area contributed by atoms with E-state index < -0.39 is 10.0 Å². The lowest BCUT2D eigenvalue weighted by Crippen LogP contribution is -2.25. The van der Waals surface area contributed by atoms with Gasteiger partial charge in [-0.3, -0.25) is 4.68 Å². The van der Waals surface area contributed by atoms with Crippen LogP contribution in [0.5, 0.6) is 0 Å². The van der Waals surface area contributed by atoms with Crippen molar-refractivity contribution in [3.63, 3.8) is 0 Å². The van der Waals surface area contributed by atoms with E-state index in [9.17, 15) is 8.42 Å². The van der Waals surface area contributed by atoms with Crippen LogP contribution in [0.15, 0.2) is 46.0 Å². The molecule has 96 valence electrons. The largest absolute Gasteiger partial charge is 0.258 e.